The molecule has 1 saturated carbocycles. The first-order valence-corrected chi connectivity index (χ1v) is 12.7. The Morgan fingerprint density at radius 2 is 2.06 bits per heavy atom. The van der Waals surface area contributed by atoms with Gasteiger partial charge in [0.15, 0.2) is 11.6 Å². The molecule has 0 spiro atoms. The van der Waals surface area contributed by atoms with E-state index in [4.69, 9.17) is 22.1 Å². The van der Waals surface area contributed by atoms with Gasteiger partial charge in [-0.3, -0.25) is 19.4 Å². The van der Waals surface area contributed by atoms with Gasteiger partial charge in [-0.1, -0.05) is 25.3 Å². The lowest BCUT2D eigenvalue weighted by Crippen LogP contribution is -2.46. The fourth-order valence-corrected chi connectivity index (χ4v) is 7.03. The van der Waals surface area contributed by atoms with Gasteiger partial charge in [-0.25, -0.2) is 4.39 Å². The molecule has 2 saturated heterocycles. The lowest BCUT2D eigenvalue weighted by Gasteiger charge is -2.34. The number of likely N-dealkylation sites (tertiary alicyclic amines) is 1. The standard InChI is InChI=1S/C24H25ClFN3O4S/c25-14-10-29(19-15(30)11-33-20(14)19)24(32)16(12-5-2-1-3-6-12)17-18(26)22(23(27)31)34-21(17)13-7-4-8-28-9-13/h4,7-9,12,14,16,19-20H,1-3,5-6,10-11H2,(H2,27,31)/t14-,16-,19+,20+/m0/s1. The summed E-state index contributed by atoms with van der Waals surface area (Å²) < 4.78 is 21.5. The minimum Gasteiger partial charge on any atom is -0.366 e. The van der Waals surface area contributed by atoms with Crippen molar-refractivity contribution >= 4 is 40.5 Å². The summed E-state index contributed by atoms with van der Waals surface area (Å²) in [5, 5.41) is -0.515. The smallest absolute Gasteiger partial charge is 0.261 e. The summed E-state index contributed by atoms with van der Waals surface area (Å²) in [6, 6.07) is 2.72. The maximum absolute atomic E-state index is 15.9. The molecule has 4 atom stereocenters. The van der Waals surface area contributed by atoms with Crippen LogP contribution in [0.1, 0.15) is 53.3 Å². The molecule has 0 aromatic carbocycles. The number of ketones is 1. The summed E-state index contributed by atoms with van der Waals surface area (Å²) in [7, 11) is 0. The van der Waals surface area contributed by atoms with Crippen LogP contribution >= 0.6 is 22.9 Å². The predicted molar refractivity (Wildman–Crippen MR) is 125 cm³/mol. The second-order valence-corrected chi connectivity index (χ2v) is 10.7. The first kappa shape index (κ1) is 23.4. The minimum absolute atomic E-state index is 0.0873. The van der Waals surface area contributed by atoms with Crippen molar-refractivity contribution in [1.82, 2.24) is 9.88 Å². The third-order valence-corrected chi connectivity index (χ3v) is 8.77. The van der Waals surface area contributed by atoms with Crippen LogP contribution in [0.3, 0.4) is 0 Å². The predicted octanol–water partition coefficient (Wildman–Crippen LogP) is 3.50. The number of carbonyl (C=O) groups is 3. The molecule has 180 valence electrons. The van der Waals surface area contributed by atoms with Gasteiger partial charge >= 0.3 is 0 Å². The number of thiophene rings is 1. The maximum Gasteiger partial charge on any atom is 0.261 e. The summed E-state index contributed by atoms with van der Waals surface area (Å²) in [5.41, 5.74) is 6.28. The average molecular weight is 506 g/mol. The lowest BCUT2D eigenvalue weighted by atomic mass is 9.75. The second kappa shape index (κ2) is 9.36. The van der Waals surface area contributed by atoms with E-state index in [0.717, 1.165) is 43.4 Å². The van der Waals surface area contributed by atoms with Gasteiger partial charge in [0.2, 0.25) is 5.91 Å². The van der Waals surface area contributed by atoms with Crippen LogP contribution in [0.25, 0.3) is 10.4 Å². The van der Waals surface area contributed by atoms with Crippen molar-refractivity contribution < 1.29 is 23.5 Å². The van der Waals surface area contributed by atoms with Crippen LogP contribution in [0.15, 0.2) is 24.5 Å². The van der Waals surface area contributed by atoms with Crippen molar-refractivity contribution in [2.45, 2.75) is 55.5 Å². The molecule has 5 rings (SSSR count). The molecular weight excluding hydrogens is 481 g/mol. The molecule has 2 aliphatic heterocycles. The van der Waals surface area contributed by atoms with Gasteiger partial charge in [0, 0.05) is 34.9 Å². The number of Topliss-reactive ketones (excluding diaryl/α,β-unsaturated/α-hetero) is 1. The molecule has 2 aromatic heterocycles. The third-order valence-electron chi connectivity index (χ3n) is 7.14. The highest BCUT2D eigenvalue weighted by Crippen LogP contribution is 2.47. The Bertz CT molecular complexity index is 1120. The lowest BCUT2D eigenvalue weighted by molar-refractivity contribution is -0.139. The first-order valence-electron chi connectivity index (χ1n) is 11.5. The van der Waals surface area contributed by atoms with E-state index in [1.54, 1.807) is 24.5 Å². The number of rotatable bonds is 5. The Labute approximate surface area is 205 Å². The largest absolute Gasteiger partial charge is 0.366 e. The number of pyridine rings is 1. The number of nitrogens with two attached hydrogens (primary N) is 1. The Hall–Kier alpha value is -2.36. The molecule has 0 bridgehead atoms. The van der Waals surface area contributed by atoms with Gasteiger partial charge in [-0.2, -0.15) is 0 Å². The van der Waals surface area contributed by atoms with E-state index in [-0.39, 0.29) is 41.2 Å². The van der Waals surface area contributed by atoms with E-state index in [1.165, 1.54) is 4.90 Å². The van der Waals surface area contributed by atoms with Gasteiger partial charge in [-0.05, 0) is 24.8 Å². The first-order chi connectivity index (χ1) is 16.4. The van der Waals surface area contributed by atoms with Gasteiger partial charge < -0.3 is 15.4 Å². The Morgan fingerprint density at radius 1 is 1.29 bits per heavy atom. The van der Waals surface area contributed by atoms with Crippen LogP contribution in [-0.4, -0.2) is 58.2 Å². The highest BCUT2D eigenvalue weighted by atomic mass is 35.5. The number of hydrogen-bond acceptors (Lipinski definition) is 6. The zero-order chi connectivity index (χ0) is 24.0. The van der Waals surface area contributed by atoms with E-state index in [1.807, 2.05) is 0 Å². The summed E-state index contributed by atoms with van der Waals surface area (Å²) in [6.07, 6.45) is 7.03. The molecule has 34 heavy (non-hydrogen) atoms. The highest BCUT2D eigenvalue weighted by Gasteiger charge is 2.54. The summed E-state index contributed by atoms with van der Waals surface area (Å²) >= 11 is 7.39. The molecule has 2 N–H and O–H groups in total. The van der Waals surface area contributed by atoms with E-state index in [2.05, 4.69) is 4.98 Å². The van der Waals surface area contributed by atoms with Crippen LogP contribution in [-0.2, 0) is 14.3 Å². The zero-order valence-corrected chi connectivity index (χ0v) is 20.0. The molecule has 10 heteroatoms. The molecular formula is C24H25ClFN3O4S. The zero-order valence-electron chi connectivity index (χ0n) is 18.4. The molecule has 3 fully saturated rings. The topological polar surface area (TPSA) is 103 Å². The van der Waals surface area contributed by atoms with Crippen molar-refractivity contribution in [3.63, 3.8) is 0 Å². The number of amides is 2. The van der Waals surface area contributed by atoms with Crippen LogP contribution < -0.4 is 5.73 Å². The molecule has 0 radical (unpaired) electrons. The number of alkyl halides is 1. The van der Waals surface area contributed by atoms with E-state index >= 15 is 4.39 Å². The number of carbonyl (C=O) groups excluding carboxylic acids is 3. The van der Waals surface area contributed by atoms with Gasteiger partial charge in [0.05, 0.1) is 11.3 Å². The Morgan fingerprint density at radius 3 is 2.74 bits per heavy atom. The molecule has 1 aliphatic carbocycles. The molecule has 7 nitrogen and oxygen atoms in total. The van der Waals surface area contributed by atoms with E-state index in [0.29, 0.717) is 10.4 Å². The van der Waals surface area contributed by atoms with Gasteiger partial charge in [0.25, 0.3) is 5.91 Å². The number of halogens is 2. The van der Waals surface area contributed by atoms with Crippen LogP contribution in [0.5, 0.6) is 0 Å². The SMILES string of the molecule is NC(=O)c1sc(-c2cccnc2)c([C@@H](C(=O)N2C[C@H](Cl)[C@H]3OCC(=O)[C@H]32)C2CCCCC2)c1F. The van der Waals surface area contributed by atoms with Gasteiger partial charge in [-0.15, -0.1) is 22.9 Å². The maximum atomic E-state index is 15.9. The fourth-order valence-electron chi connectivity index (χ4n) is 5.60. The molecule has 3 aliphatic rings. The number of fused-ring (bicyclic) bond motifs is 1. The number of primary amides is 1. The molecule has 2 amide bonds. The quantitative estimate of drug-likeness (QED) is 0.626. The van der Waals surface area contributed by atoms with E-state index < -0.39 is 35.2 Å². The monoisotopic (exact) mass is 505 g/mol. The van der Waals surface area contributed by atoms with Crippen molar-refractivity contribution in [3.8, 4) is 10.4 Å². The normalized spacial score (nSPS) is 26.0. The second-order valence-electron chi connectivity index (χ2n) is 9.16. The number of aromatic nitrogens is 1. The van der Waals surface area contributed by atoms with Crippen LogP contribution in [0.2, 0.25) is 0 Å². The molecule has 2 aromatic rings. The van der Waals surface area contributed by atoms with E-state index in [9.17, 15) is 14.4 Å². The van der Waals surface area contributed by atoms with Crippen molar-refractivity contribution in [3.05, 3.63) is 40.8 Å². The molecule has 0 unspecified atom stereocenters. The number of ether oxygens (including phenoxy) is 1. The fraction of sp³-hybridized carbons (Fsp3) is 0.500. The van der Waals surface area contributed by atoms with Crippen LogP contribution in [0, 0.1) is 11.7 Å². The Balaban J connectivity index is 1.64. The van der Waals surface area contributed by atoms with Crippen molar-refractivity contribution in [1.29, 1.82) is 0 Å². The Kier molecular flexibility index (Phi) is 6.43. The number of nitrogens with zero attached hydrogens (tertiary/aromatic N) is 2. The molecule has 4 heterocycles. The average Bonchev–Trinajstić information content (AvgIpc) is 3.50. The number of hydrogen-bond donors (Lipinski definition) is 1. The van der Waals surface area contributed by atoms with Crippen molar-refractivity contribution in [2.75, 3.05) is 13.2 Å². The summed E-state index contributed by atoms with van der Waals surface area (Å²) in [6.45, 7) is 0.0668. The minimum atomic E-state index is -0.879. The highest BCUT2D eigenvalue weighted by molar-refractivity contribution is 7.17. The van der Waals surface area contributed by atoms with Crippen LogP contribution in [0.4, 0.5) is 4.39 Å². The third kappa shape index (κ3) is 3.93. The summed E-state index contributed by atoms with van der Waals surface area (Å²) in [5.74, 6) is -3.17. The van der Waals surface area contributed by atoms with Gasteiger partial charge in [0.1, 0.15) is 23.6 Å². The van der Waals surface area contributed by atoms with Crippen molar-refractivity contribution in [2.24, 2.45) is 11.7 Å². The summed E-state index contributed by atoms with van der Waals surface area (Å²) in [4.78, 5) is 44.7.